The minimum absolute atomic E-state index is 0. The lowest BCUT2D eigenvalue weighted by Gasteiger charge is -2.26. The lowest BCUT2D eigenvalue weighted by molar-refractivity contribution is -0.132. The fraction of sp³-hybridized carbons (Fsp3) is 0.375. The molecule has 3 aromatic carbocycles. The molecule has 0 aliphatic carbocycles. The van der Waals surface area contributed by atoms with Crippen LogP contribution in [0.25, 0.3) is 0 Å². The van der Waals surface area contributed by atoms with Gasteiger partial charge in [0.2, 0.25) is 5.91 Å². The van der Waals surface area contributed by atoms with E-state index >= 15 is 0 Å². The number of aryl methyl sites for hydroxylation is 1. The van der Waals surface area contributed by atoms with Crippen molar-refractivity contribution in [2.45, 2.75) is 64.7 Å². The fourth-order valence-corrected chi connectivity index (χ4v) is 5.20. The van der Waals surface area contributed by atoms with Gasteiger partial charge in [0, 0.05) is 20.4 Å². The van der Waals surface area contributed by atoms with E-state index in [1.807, 2.05) is 25.1 Å². The predicted molar refractivity (Wildman–Crippen MR) is 149 cm³/mol. The van der Waals surface area contributed by atoms with Crippen molar-refractivity contribution >= 4 is 17.3 Å². The molecule has 184 valence electrons. The van der Waals surface area contributed by atoms with E-state index in [0.29, 0.717) is 5.92 Å². The van der Waals surface area contributed by atoms with Crippen LogP contribution in [-0.4, -0.2) is 29.6 Å². The van der Waals surface area contributed by atoms with Gasteiger partial charge in [-0.15, -0.1) is 0 Å². The molecule has 0 aromatic heterocycles. The Labute approximate surface area is 212 Å². The Hall–Kier alpha value is -3.20. The highest BCUT2D eigenvalue weighted by Crippen LogP contribution is 2.39. The minimum Gasteiger partial charge on any atom is -0.342 e. The van der Waals surface area contributed by atoms with Crippen molar-refractivity contribution in [3.05, 3.63) is 101 Å². The molecule has 3 heteroatoms. The summed E-state index contributed by atoms with van der Waals surface area (Å²) in [4.78, 5) is 20.2. The SMILES string of the molecule is CCCN(CCCCc1cccc(C2=Nc3ccccc3C2CC)c1)C(=O)C(C)c1ccccc1.[HH]. The van der Waals surface area contributed by atoms with Gasteiger partial charge in [-0.05, 0) is 73.4 Å². The minimum atomic E-state index is -0.0951. The van der Waals surface area contributed by atoms with Crippen LogP contribution >= 0.6 is 0 Å². The van der Waals surface area contributed by atoms with Crippen LogP contribution in [0, 0.1) is 0 Å². The molecule has 0 N–H and O–H groups in total. The van der Waals surface area contributed by atoms with E-state index in [4.69, 9.17) is 4.99 Å². The van der Waals surface area contributed by atoms with Gasteiger partial charge in [0.15, 0.2) is 0 Å². The third-order valence-corrected chi connectivity index (χ3v) is 7.13. The Morgan fingerprint density at radius 1 is 0.943 bits per heavy atom. The van der Waals surface area contributed by atoms with Gasteiger partial charge in [-0.2, -0.15) is 0 Å². The van der Waals surface area contributed by atoms with Crippen molar-refractivity contribution in [3.63, 3.8) is 0 Å². The summed E-state index contributed by atoms with van der Waals surface area (Å²) in [6.45, 7) is 8.06. The molecule has 4 rings (SSSR count). The Morgan fingerprint density at radius 3 is 2.49 bits per heavy atom. The number of benzene rings is 3. The number of para-hydroxylation sites is 1. The Kier molecular flexibility index (Phi) is 8.52. The lowest BCUT2D eigenvalue weighted by atomic mass is 9.89. The van der Waals surface area contributed by atoms with Gasteiger partial charge in [-0.1, -0.05) is 80.6 Å². The molecule has 0 spiro atoms. The number of rotatable bonds is 11. The quantitative estimate of drug-likeness (QED) is 0.263. The molecule has 2 unspecified atom stereocenters. The number of carbonyl (C=O) groups excluding carboxylic acids is 1. The predicted octanol–water partition coefficient (Wildman–Crippen LogP) is 7.93. The number of hydrogen-bond acceptors (Lipinski definition) is 2. The number of amides is 1. The first kappa shape index (κ1) is 24.9. The summed E-state index contributed by atoms with van der Waals surface area (Å²) in [5.41, 5.74) is 7.35. The van der Waals surface area contributed by atoms with Crippen LogP contribution in [0.4, 0.5) is 5.69 Å². The number of hydrogen-bond donors (Lipinski definition) is 0. The average molecular weight is 469 g/mol. The number of unbranched alkanes of at least 4 members (excludes halogenated alkanes) is 1. The second-order valence-electron chi connectivity index (χ2n) is 9.63. The molecule has 2 atom stereocenters. The molecule has 3 aromatic rings. The number of aliphatic imine (C=N–C) groups is 1. The molecular weight excluding hydrogens is 428 g/mol. The highest BCUT2D eigenvalue weighted by molar-refractivity contribution is 6.09. The normalized spacial score (nSPS) is 15.4. The maximum absolute atomic E-state index is 13.2. The Morgan fingerprint density at radius 2 is 1.71 bits per heavy atom. The molecule has 0 saturated heterocycles. The molecule has 35 heavy (non-hydrogen) atoms. The maximum Gasteiger partial charge on any atom is 0.229 e. The van der Waals surface area contributed by atoms with Crippen molar-refractivity contribution in [2.24, 2.45) is 4.99 Å². The van der Waals surface area contributed by atoms with Crippen molar-refractivity contribution < 1.29 is 6.22 Å². The largest absolute Gasteiger partial charge is 0.342 e. The van der Waals surface area contributed by atoms with Gasteiger partial charge in [0.05, 0.1) is 17.3 Å². The highest BCUT2D eigenvalue weighted by atomic mass is 16.2. The molecule has 0 fully saturated rings. The third kappa shape index (κ3) is 5.90. The van der Waals surface area contributed by atoms with Crippen molar-refractivity contribution in [1.82, 2.24) is 4.90 Å². The van der Waals surface area contributed by atoms with E-state index in [0.717, 1.165) is 56.4 Å². The maximum atomic E-state index is 13.2. The van der Waals surface area contributed by atoms with Gasteiger partial charge in [-0.25, -0.2) is 0 Å². The zero-order valence-electron chi connectivity index (χ0n) is 21.4. The van der Waals surface area contributed by atoms with Crippen LogP contribution in [0.1, 0.15) is 82.0 Å². The van der Waals surface area contributed by atoms with E-state index in [1.165, 1.54) is 22.4 Å². The van der Waals surface area contributed by atoms with Crippen molar-refractivity contribution in [1.29, 1.82) is 0 Å². The van der Waals surface area contributed by atoms with E-state index in [1.54, 1.807) is 0 Å². The summed E-state index contributed by atoms with van der Waals surface area (Å²) in [5, 5.41) is 0. The summed E-state index contributed by atoms with van der Waals surface area (Å²) in [7, 11) is 0. The summed E-state index contributed by atoms with van der Waals surface area (Å²) < 4.78 is 0. The van der Waals surface area contributed by atoms with E-state index in [-0.39, 0.29) is 13.3 Å². The van der Waals surface area contributed by atoms with Gasteiger partial charge >= 0.3 is 0 Å². The van der Waals surface area contributed by atoms with E-state index < -0.39 is 0 Å². The van der Waals surface area contributed by atoms with E-state index in [9.17, 15) is 4.79 Å². The lowest BCUT2D eigenvalue weighted by Crippen LogP contribution is -2.35. The van der Waals surface area contributed by atoms with Gasteiger partial charge < -0.3 is 4.90 Å². The molecule has 0 radical (unpaired) electrons. The topological polar surface area (TPSA) is 32.7 Å². The molecule has 1 aliphatic rings. The summed E-state index contributed by atoms with van der Waals surface area (Å²) in [5.74, 6) is 0.522. The van der Waals surface area contributed by atoms with Gasteiger partial charge in [-0.3, -0.25) is 9.79 Å². The summed E-state index contributed by atoms with van der Waals surface area (Å²) >= 11 is 0. The smallest absolute Gasteiger partial charge is 0.229 e. The third-order valence-electron chi connectivity index (χ3n) is 7.13. The Balaban J connectivity index is 0.00000361. The first-order valence-electron chi connectivity index (χ1n) is 13.2. The fourth-order valence-electron chi connectivity index (χ4n) is 5.20. The first-order valence-corrected chi connectivity index (χ1v) is 13.2. The second-order valence-corrected chi connectivity index (χ2v) is 9.63. The van der Waals surface area contributed by atoms with Crippen LogP contribution in [-0.2, 0) is 11.2 Å². The molecule has 3 nitrogen and oxygen atoms in total. The Bertz CT molecular complexity index is 1160. The summed E-state index contributed by atoms with van der Waals surface area (Å²) in [6.07, 6.45) is 5.15. The van der Waals surface area contributed by atoms with Gasteiger partial charge in [0.25, 0.3) is 0 Å². The molecule has 1 amide bonds. The zero-order chi connectivity index (χ0) is 24.6. The molecule has 0 saturated carbocycles. The number of carbonyl (C=O) groups is 1. The zero-order valence-corrected chi connectivity index (χ0v) is 21.4. The van der Waals surface area contributed by atoms with Crippen LogP contribution in [0.3, 0.4) is 0 Å². The molecule has 0 bridgehead atoms. The van der Waals surface area contributed by atoms with Gasteiger partial charge in [0.1, 0.15) is 0 Å². The monoisotopic (exact) mass is 468 g/mol. The molecular formula is C32H40N2O. The van der Waals surface area contributed by atoms with Crippen LogP contribution in [0.5, 0.6) is 0 Å². The average Bonchev–Trinajstić information content (AvgIpc) is 3.29. The first-order chi connectivity index (χ1) is 17.1. The number of nitrogens with zero attached hydrogens (tertiary/aromatic N) is 2. The number of fused-ring (bicyclic) bond motifs is 1. The summed E-state index contributed by atoms with van der Waals surface area (Å²) in [6, 6.07) is 27.5. The van der Waals surface area contributed by atoms with Crippen LogP contribution in [0.15, 0.2) is 83.9 Å². The molecule has 1 aliphatic heterocycles. The van der Waals surface area contributed by atoms with Crippen LogP contribution < -0.4 is 0 Å². The van der Waals surface area contributed by atoms with E-state index in [2.05, 4.69) is 79.4 Å². The van der Waals surface area contributed by atoms with Crippen LogP contribution in [0.2, 0.25) is 0 Å². The van der Waals surface area contributed by atoms with Crippen molar-refractivity contribution in [2.75, 3.05) is 13.1 Å². The van der Waals surface area contributed by atoms with Crippen molar-refractivity contribution in [3.8, 4) is 0 Å². The second kappa shape index (κ2) is 12.0. The highest BCUT2D eigenvalue weighted by Gasteiger charge is 2.26. The molecule has 1 heterocycles. The standard InChI is InChI=1S/C32H38N2O.H2/c1-4-21-34(32(35)24(3)26-16-7-6-8-17-26)22-12-11-14-25-15-13-18-27(23-25)31-28(5-2)29-19-9-10-20-30(29)33-31;/h6-10,13,15-20,23-24,28H,4-5,11-12,14,21-22H2,1-3H3;1H.